The Kier molecular flexibility index (Phi) is 3.86. The number of nitrogens with zero attached hydrogens (tertiary/aromatic N) is 1. The number of rotatable bonds is 2. The van der Waals surface area contributed by atoms with E-state index in [1.54, 1.807) is 29.4 Å². The van der Waals surface area contributed by atoms with Crippen molar-refractivity contribution < 1.29 is 8.42 Å². The summed E-state index contributed by atoms with van der Waals surface area (Å²) < 4.78 is 27.1. The van der Waals surface area contributed by atoms with Crippen molar-refractivity contribution in [1.82, 2.24) is 4.31 Å². The number of benzene rings is 1. The lowest BCUT2D eigenvalue weighted by Crippen LogP contribution is -2.31. The van der Waals surface area contributed by atoms with Crippen molar-refractivity contribution in [3.63, 3.8) is 0 Å². The molecule has 0 radical (unpaired) electrons. The fourth-order valence-corrected chi connectivity index (χ4v) is 4.46. The molecule has 0 bridgehead atoms. The maximum Gasteiger partial charge on any atom is 0.243 e. The smallest absolute Gasteiger partial charge is 0.243 e. The Bertz CT molecular complexity index is 603. The summed E-state index contributed by atoms with van der Waals surface area (Å²) in [5, 5.41) is 0. The average molecular weight is 296 g/mol. The minimum Gasteiger partial charge on any atom is -0.398 e. The monoisotopic (exact) mass is 296 g/mol. The molecule has 4 nitrogen and oxygen atoms in total. The fourth-order valence-electron chi connectivity index (χ4n) is 2.70. The first-order valence-electron chi connectivity index (χ1n) is 6.99. The van der Waals surface area contributed by atoms with Crippen LogP contribution in [0, 0.1) is 18.3 Å². The fraction of sp³-hybridized carbons (Fsp3) is 0.600. The molecule has 0 amide bonds. The zero-order chi connectivity index (χ0) is 15.1. The lowest BCUT2D eigenvalue weighted by Gasteiger charge is -2.27. The van der Waals surface area contributed by atoms with Crippen LogP contribution in [-0.4, -0.2) is 25.8 Å². The Hall–Kier alpha value is -1.07. The van der Waals surface area contributed by atoms with Gasteiger partial charge in [-0.15, -0.1) is 0 Å². The van der Waals surface area contributed by atoms with Gasteiger partial charge in [0.15, 0.2) is 0 Å². The van der Waals surface area contributed by atoms with Crippen LogP contribution in [0.1, 0.15) is 32.8 Å². The minimum absolute atomic E-state index is 0.134. The Morgan fingerprint density at radius 1 is 1.30 bits per heavy atom. The largest absolute Gasteiger partial charge is 0.398 e. The van der Waals surface area contributed by atoms with Gasteiger partial charge in [0.05, 0.1) is 4.90 Å². The Morgan fingerprint density at radius 3 is 2.50 bits per heavy atom. The molecule has 20 heavy (non-hydrogen) atoms. The Balaban J connectivity index is 2.31. The maximum atomic E-state index is 12.8. The van der Waals surface area contributed by atoms with Gasteiger partial charge in [0, 0.05) is 18.8 Å². The van der Waals surface area contributed by atoms with Crippen LogP contribution in [0.15, 0.2) is 23.1 Å². The third-order valence-corrected chi connectivity index (χ3v) is 6.33. The summed E-state index contributed by atoms with van der Waals surface area (Å²) in [6.45, 7) is 9.46. The predicted octanol–water partition coefficient (Wildman–Crippen LogP) is 2.63. The summed E-state index contributed by atoms with van der Waals surface area (Å²) in [5.74, 6) is 0.402. The molecule has 1 fully saturated rings. The summed E-state index contributed by atoms with van der Waals surface area (Å²) in [6.07, 6.45) is 0.921. The molecule has 0 aliphatic carbocycles. The standard InChI is InChI=1S/C15H24N2O2S/c1-11-13(16)6-5-7-14(11)20(18,19)17-9-8-12(10-17)15(2,3)4/h5-7,12H,8-10,16H2,1-4H3. The summed E-state index contributed by atoms with van der Waals surface area (Å²) in [5.41, 5.74) is 7.13. The molecule has 2 rings (SSSR count). The molecule has 1 unspecified atom stereocenters. The summed E-state index contributed by atoms with van der Waals surface area (Å²) in [7, 11) is -3.43. The van der Waals surface area contributed by atoms with Crippen LogP contribution in [0.2, 0.25) is 0 Å². The molecule has 112 valence electrons. The average Bonchev–Trinajstić information content (AvgIpc) is 2.82. The third kappa shape index (κ3) is 2.69. The van der Waals surface area contributed by atoms with E-state index < -0.39 is 10.0 Å². The molecule has 1 saturated heterocycles. The quantitative estimate of drug-likeness (QED) is 0.853. The number of nitrogens with two attached hydrogens (primary N) is 1. The molecule has 0 aromatic heterocycles. The second-order valence-electron chi connectivity index (χ2n) is 6.69. The second-order valence-corrected chi connectivity index (χ2v) is 8.59. The molecule has 1 atom stereocenters. The van der Waals surface area contributed by atoms with Crippen molar-refractivity contribution >= 4 is 15.7 Å². The first-order chi connectivity index (χ1) is 9.14. The number of nitrogen functional groups attached to an aromatic ring is 1. The van der Waals surface area contributed by atoms with Crippen LogP contribution in [-0.2, 0) is 10.0 Å². The van der Waals surface area contributed by atoms with E-state index in [-0.39, 0.29) is 5.41 Å². The molecule has 1 heterocycles. The van der Waals surface area contributed by atoms with Gasteiger partial charge in [-0.3, -0.25) is 0 Å². The van der Waals surface area contributed by atoms with Crippen LogP contribution < -0.4 is 5.73 Å². The van der Waals surface area contributed by atoms with Crippen LogP contribution in [0.4, 0.5) is 5.69 Å². The zero-order valence-electron chi connectivity index (χ0n) is 12.7. The highest BCUT2D eigenvalue weighted by atomic mass is 32.2. The molecule has 0 spiro atoms. The zero-order valence-corrected chi connectivity index (χ0v) is 13.5. The Morgan fingerprint density at radius 2 is 1.95 bits per heavy atom. The SMILES string of the molecule is Cc1c(N)cccc1S(=O)(=O)N1CCC(C(C)(C)C)C1. The number of anilines is 1. The highest BCUT2D eigenvalue weighted by Gasteiger charge is 2.38. The lowest BCUT2D eigenvalue weighted by atomic mass is 9.80. The number of hydrogen-bond acceptors (Lipinski definition) is 3. The summed E-state index contributed by atoms with van der Waals surface area (Å²) >= 11 is 0. The normalized spacial score (nSPS) is 21.3. The molecule has 1 aliphatic rings. The molecule has 5 heteroatoms. The minimum atomic E-state index is -3.43. The van der Waals surface area contributed by atoms with Crippen molar-refractivity contribution in [1.29, 1.82) is 0 Å². The van der Waals surface area contributed by atoms with Crippen LogP contribution in [0.5, 0.6) is 0 Å². The molecular weight excluding hydrogens is 272 g/mol. The predicted molar refractivity (Wildman–Crippen MR) is 81.9 cm³/mol. The first kappa shape index (κ1) is 15.3. The molecule has 2 N–H and O–H groups in total. The van der Waals surface area contributed by atoms with Gasteiger partial charge in [-0.25, -0.2) is 8.42 Å². The van der Waals surface area contributed by atoms with Crippen molar-refractivity contribution in [3.05, 3.63) is 23.8 Å². The van der Waals surface area contributed by atoms with E-state index in [1.807, 2.05) is 0 Å². The number of hydrogen-bond donors (Lipinski definition) is 1. The van der Waals surface area contributed by atoms with E-state index in [0.29, 0.717) is 35.2 Å². The van der Waals surface area contributed by atoms with E-state index in [2.05, 4.69) is 20.8 Å². The van der Waals surface area contributed by atoms with E-state index >= 15 is 0 Å². The van der Waals surface area contributed by atoms with Gasteiger partial charge in [0.1, 0.15) is 0 Å². The van der Waals surface area contributed by atoms with Gasteiger partial charge >= 0.3 is 0 Å². The van der Waals surface area contributed by atoms with Gasteiger partial charge in [-0.1, -0.05) is 26.8 Å². The number of sulfonamides is 1. The van der Waals surface area contributed by atoms with E-state index in [9.17, 15) is 8.42 Å². The molecule has 0 saturated carbocycles. The highest BCUT2D eigenvalue weighted by molar-refractivity contribution is 7.89. The summed E-state index contributed by atoms with van der Waals surface area (Å²) in [4.78, 5) is 0.340. The lowest BCUT2D eigenvalue weighted by molar-refractivity contribution is 0.252. The van der Waals surface area contributed by atoms with Crippen molar-refractivity contribution in [2.24, 2.45) is 11.3 Å². The molecule has 1 aliphatic heterocycles. The van der Waals surface area contributed by atoms with Gasteiger partial charge in [-0.2, -0.15) is 4.31 Å². The van der Waals surface area contributed by atoms with Crippen molar-refractivity contribution in [2.45, 2.75) is 39.0 Å². The van der Waals surface area contributed by atoms with E-state index in [1.165, 1.54) is 0 Å². The maximum absolute atomic E-state index is 12.8. The van der Waals surface area contributed by atoms with Gasteiger partial charge in [0.2, 0.25) is 10.0 Å². The highest BCUT2D eigenvalue weighted by Crippen LogP contribution is 2.36. The Labute approximate surface area is 122 Å². The first-order valence-corrected chi connectivity index (χ1v) is 8.43. The second kappa shape index (κ2) is 5.04. The van der Waals surface area contributed by atoms with Gasteiger partial charge < -0.3 is 5.73 Å². The van der Waals surface area contributed by atoms with Crippen LogP contribution in [0.3, 0.4) is 0 Å². The van der Waals surface area contributed by atoms with Crippen molar-refractivity contribution in [3.8, 4) is 0 Å². The van der Waals surface area contributed by atoms with Gasteiger partial charge in [0.25, 0.3) is 0 Å². The van der Waals surface area contributed by atoms with E-state index in [4.69, 9.17) is 5.73 Å². The van der Waals surface area contributed by atoms with Crippen molar-refractivity contribution in [2.75, 3.05) is 18.8 Å². The third-order valence-electron chi connectivity index (χ3n) is 4.32. The summed E-state index contributed by atoms with van der Waals surface area (Å²) in [6, 6.07) is 5.08. The van der Waals surface area contributed by atoms with Crippen LogP contribution in [0.25, 0.3) is 0 Å². The van der Waals surface area contributed by atoms with E-state index in [0.717, 1.165) is 6.42 Å². The van der Waals surface area contributed by atoms with Crippen LogP contribution >= 0.6 is 0 Å². The molecule has 1 aromatic rings. The molecular formula is C15H24N2O2S. The van der Waals surface area contributed by atoms with Gasteiger partial charge in [-0.05, 0) is 42.4 Å². The topological polar surface area (TPSA) is 63.4 Å². The molecule has 1 aromatic carbocycles.